The molecule has 0 spiro atoms. The number of nitrogens with one attached hydrogen (secondary N) is 1. The summed E-state index contributed by atoms with van der Waals surface area (Å²) >= 11 is 4.72. The second kappa shape index (κ2) is 6.90. The highest BCUT2D eigenvalue weighted by molar-refractivity contribution is 9.10. The monoisotopic (exact) mass is 353 g/mol. The number of rotatable bonds is 4. The van der Waals surface area contributed by atoms with Crippen LogP contribution in [0, 0.1) is 5.82 Å². The third-order valence-electron chi connectivity index (χ3n) is 2.62. The number of thioether (sulfide) groups is 1. The predicted octanol–water partition coefficient (Wildman–Crippen LogP) is 4.95. The first-order valence-corrected chi connectivity index (χ1v) is 7.88. The first-order chi connectivity index (χ1) is 9.61. The van der Waals surface area contributed by atoms with Crippen LogP contribution in [0.25, 0.3) is 0 Å². The van der Waals surface area contributed by atoms with Crippen molar-refractivity contribution in [1.29, 1.82) is 0 Å². The van der Waals surface area contributed by atoms with Crippen molar-refractivity contribution in [2.45, 2.75) is 11.8 Å². The maximum atomic E-state index is 13.4. The number of halogens is 2. The fourth-order valence-electron chi connectivity index (χ4n) is 1.68. The maximum absolute atomic E-state index is 13.4. The van der Waals surface area contributed by atoms with Crippen LogP contribution in [0.2, 0.25) is 0 Å². The van der Waals surface area contributed by atoms with Gasteiger partial charge in [-0.05, 0) is 52.0 Å². The molecular formula is C15H13BrFNOS. The van der Waals surface area contributed by atoms with Crippen molar-refractivity contribution >= 4 is 39.3 Å². The van der Waals surface area contributed by atoms with Gasteiger partial charge in [0.05, 0.1) is 10.2 Å². The SMILES string of the molecule is CCSc1ccccc1NC(=O)c1ccc(Br)c(F)c1. The van der Waals surface area contributed by atoms with E-state index in [0.717, 1.165) is 16.3 Å². The van der Waals surface area contributed by atoms with Crippen LogP contribution in [0.15, 0.2) is 51.8 Å². The van der Waals surface area contributed by atoms with Crippen molar-refractivity contribution in [3.05, 3.63) is 58.3 Å². The highest BCUT2D eigenvalue weighted by atomic mass is 79.9. The molecule has 20 heavy (non-hydrogen) atoms. The molecule has 0 aliphatic carbocycles. The minimum Gasteiger partial charge on any atom is -0.321 e. The summed E-state index contributed by atoms with van der Waals surface area (Å²) in [6.45, 7) is 2.05. The molecule has 0 radical (unpaired) electrons. The summed E-state index contributed by atoms with van der Waals surface area (Å²) in [5, 5.41) is 2.82. The van der Waals surface area contributed by atoms with E-state index in [1.165, 1.54) is 12.1 Å². The Labute approximate surface area is 129 Å². The van der Waals surface area contributed by atoms with Crippen molar-refractivity contribution in [2.75, 3.05) is 11.1 Å². The molecule has 0 fully saturated rings. The second-order valence-electron chi connectivity index (χ2n) is 4.01. The Balaban J connectivity index is 2.21. The van der Waals surface area contributed by atoms with Gasteiger partial charge in [0.2, 0.25) is 0 Å². The van der Waals surface area contributed by atoms with E-state index in [4.69, 9.17) is 0 Å². The zero-order valence-electron chi connectivity index (χ0n) is 10.8. The average molecular weight is 354 g/mol. The molecule has 0 aliphatic rings. The van der Waals surface area contributed by atoms with E-state index in [1.54, 1.807) is 17.8 Å². The molecule has 1 N–H and O–H groups in total. The molecule has 104 valence electrons. The minimum absolute atomic E-state index is 0.294. The summed E-state index contributed by atoms with van der Waals surface area (Å²) in [6.07, 6.45) is 0. The van der Waals surface area contributed by atoms with Gasteiger partial charge in [0.1, 0.15) is 5.82 Å². The normalized spacial score (nSPS) is 10.3. The van der Waals surface area contributed by atoms with Gasteiger partial charge >= 0.3 is 0 Å². The quantitative estimate of drug-likeness (QED) is 0.787. The highest BCUT2D eigenvalue weighted by Gasteiger charge is 2.11. The summed E-state index contributed by atoms with van der Waals surface area (Å²) < 4.78 is 13.8. The van der Waals surface area contributed by atoms with Gasteiger partial charge in [-0.2, -0.15) is 0 Å². The summed E-state index contributed by atoms with van der Waals surface area (Å²) in [4.78, 5) is 13.1. The predicted molar refractivity (Wildman–Crippen MR) is 84.9 cm³/mol. The lowest BCUT2D eigenvalue weighted by Gasteiger charge is -2.10. The van der Waals surface area contributed by atoms with Crippen molar-refractivity contribution in [2.24, 2.45) is 0 Å². The molecule has 2 aromatic rings. The topological polar surface area (TPSA) is 29.1 Å². The smallest absolute Gasteiger partial charge is 0.255 e. The van der Waals surface area contributed by atoms with Crippen LogP contribution in [0.4, 0.5) is 10.1 Å². The van der Waals surface area contributed by atoms with Gasteiger partial charge in [-0.3, -0.25) is 4.79 Å². The minimum atomic E-state index is -0.450. The molecule has 0 heterocycles. The third-order valence-corrected chi connectivity index (χ3v) is 4.22. The van der Waals surface area contributed by atoms with Gasteiger partial charge in [0, 0.05) is 10.5 Å². The zero-order chi connectivity index (χ0) is 14.5. The number of carbonyl (C=O) groups is 1. The number of benzene rings is 2. The van der Waals surface area contributed by atoms with Crippen LogP contribution in [0.3, 0.4) is 0 Å². The summed E-state index contributed by atoms with van der Waals surface area (Å²) in [5.74, 6) is 0.147. The Morgan fingerprint density at radius 3 is 2.75 bits per heavy atom. The fraction of sp³-hybridized carbons (Fsp3) is 0.133. The van der Waals surface area contributed by atoms with Crippen LogP contribution in [-0.2, 0) is 0 Å². The average Bonchev–Trinajstić information content (AvgIpc) is 2.44. The Hall–Kier alpha value is -1.33. The molecule has 0 saturated heterocycles. The Morgan fingerprint density at radius 2 is 2.05 bits per heavy atom. The zero-order valence-corrected chi connectivity index (χ0v) is 13.2. The van der Waals surface area contributed by atoms with Crippen LogP contribution in [0.1, 0.15) is 17.3 Å². The van der Waals surface area contributed by atoms with E-state index in [1.807, 2.05) is 31.2 Å². The van der Waals surface area contributed by atoms with Gasteiger partial charge in [-0.15, -0.1) is 11.8 Å². The van der Waals surface area contributed by atoms with E-state index in [9.17, 15) is 9.18 Å². The molecule has 0 saturated carbocycles. The first kappa shape index (κ1) is 15.1. The molecule has 5 heteroatoms. The molecule has 2 aromatic carbocycles. The van der Waals surface area contributed by atoms with E-state index < -0.39 is 5.82 Å². The molecule has 0 bridgehead atoms. The number of para-hydroxylation sites is 1. The number of anilines is 1. The Bertz CT molecular complexity index is 633. The Morgan fingerprint density at radius 1 is 1.30 bits per heavy atom. The largest absolute Gasteiger partial charge is 0.321 e. The third kappa shape index (κ3) is 3.61. The molecule has 1 amide bonds. The number of hydrogen-bond donors (Lipinski definition) is 1. The lowest BCUT2D eigenvalue weighted by atomic mass is 10.2. The van der Waals surface area contributed by atoms with Crippen molar-refractivity contribution in [1.82, 2.24) is 0 Å². The molecule has 0 aromatic heterocycles. The molecule has 2 nitrogen and oxygen atoms in total. The van der Waals surface area contributed by atoms with Crippen molar-refractivity contribution in [3.63, 3.8) is 0 Å². The van der Waals surface area contributed by atoms with Crippen LogP contribution >= 0.6 is 27.7 Å². The summed E-state index contributed by atoms with van der Waals surface area (Å²) in [7, 11) is 0. The highest BCUT2D eigenvalue weighted by Crippen LogP contribution is 2.27. The summed E-state index contributed by atoms with van der Waals surface area (Å²) in [6, 6.07) is 11.9. The van der Waals surface area contributed by atoms with Gasteiger partial charge in [0.25, 0.3) is 5.91 Å². The first-order valence-electron chi connectivity index (χ1n) is 6.10. The fourth-order valence-corrected chi connectivity index (χ4v) is 2.69. The molecule has 0 unspecified atom stereocenters. The van der Waals surface area contributed by atoms with Gasteiger partial charge in [-0.1, -0.05) is 19.1 Å². The van der Waals surface area contributed by atoms with E-state index in [-0.39, 0.29) is 5.91 Å². The van der Waals surface area contributed by atoms with Crippen LogP contribution < -0.4 is 5.32 Å². The van der Waals surface area contributed by atoms with Gasteiger partial charge < -0.3 is 5.32 Å². The van der Waals surface area contributed by atoms with Crippen molar-refractivity contribution < 1.29 is 9.18 Å². The van der Waals surface area contributed by atoms with Crippen LogP contribution in [-0.4, -0.2) is 11.7 Å². The van der Waals surface area contributed by atoms with Gasteiger partial charge in [0.15, 0.2) is 0 Å². The maximum Gasteiger partial charge on any atom is 0.255 e. The molecule has 0 atom stereocenters. The van der Waals surface area contributed by atoms with Crippen molar-refractivity contribution in [3.8, 4) is 0 Å². The number of carbonyl (C=O) groups excluding carboxylic acids is 1. The molecule has 2 rings (SSSR count). The molecule has 0 aliphatic heterocycles. The van der Waals surface area contributed by atoms with E-state index in [0.29, 0.717) is 10.0 Å². The standard InChI is InChI=1S/C15H13BrFNOS/c1-2-20-14-6-4-3-5-13(14)18-15(19)10-7-8-11(16)12(17)9-10/h3-9H,2H2,1H3,(H,18,19). The van der Waals surface area contributed by atoms with E-state index in [2.05, 4.69) is 21.2 Å². The Kier molecular flexibility index (Phi) is 5.20. The summed E-state index contributed by atoms with van der Waals surface area (Å²) in [5.41, 5.74) is 1.04. The molecular weight excluding hydrogens is 341 g/mol. The lowest BCUT2D eigenvalue weighted by molar-refractivity contribution is 0.102. The lowest BCUT2D eigenvalue weighted by Crippen LogP contribution is -2.12. The van der Waals surface area contributed by atoms with E-state index >= 15 is 0 Å². The van der Waals surface area contributed by atoms with Crippen LogP contribution in [0.5, 0.6) is 0 Å². The van der Waals surface area contributed by atoms with Gasteiger partial charge in [-0.25, -0.2) is 4.39 Å². The number of hydrogen-bond acceptors (Lipinski definition) is 2. The number of amides is 1. The second-order valence-corrected chi connectivity index (χ2v) is 6.17.